The fraction of sp³-hybridized carbons (Fsp3) is 0.975. The number of hydrogen-bond acceptors (Lipinski definition) is 3. The Morgan fingerprint density at radius 1 is 0.465 bits per heavy atom. The molecule has 0 heterocycles. The van der Waals surface area contributed by atoms with Crippen molar-refractivity contribution >= 4 is 5.78 Å². The number of ketones is 1. The highest BCUT2D eigenvalue weighted by atomic mass is 16.1. The second-order valence-electron chi connectivity index (χ2n) is 13.7. The molecule has 3 nitrogen and oxygen atoms in total. The van der Waals surface area contributed by atoms with Crippen LogP contribution in [0.15, 0.2) is 0 Å². The molecule has 0 aromatic carbocycles. The van der Waals surface area contributed by atoms with Crippen molar-refractivity contribution < 1.29 is 4.79 Å². The number of carbonyl (C=O) groups is 1. The van der Waals surface area contributed by atoms with E-state index in [1.165, 1.54) is 173 Å². The zero-order valence-corrected chi connectivity index (χ0v) is 30.5. The molecular weight excluding hydrogens is 524 g/mol. The number of carbonyl (C=O) groups excluding carboxylic acids is 1. The van der Waals surface area contributed by atoms with Crippen molar-refractivity contribution in [2.45, 2.75) is 226 Å². The van der Waals surface area contributed by atoms with Gasteiger partial charge in [0.1, 0.15) is 5.78 Å². The van der Waals surface area contributed by atoms with Gasteiger partial charge in [0, 0.05) is 19.5 Å². The molecule has 0 aliphatic carbocycles. The molecule has 3 heteroatoms. The maximum absolute atomic E-state index is 13.2. The van der Waals surface area contributed by atoms with E-state index in [0.717, 1.165) is 45.4 Å². The van der Waals surface area contributed by atoms with E-state index in [4.69, 9.17) is 0 Å². The van der Waals surface area contributed by atoms with E-state index < -0.39 is 0 Å². The summed E-state index contributed by atoms with van der Waals surface area (Å²) in [4.78, 5) is 15.6. The summed E-state index contributed by atoms with van der Waals surface area (Å²) < 4.78 is 0. The van der Waals surface area contributed by atoms with Crippen LogP contribution in [0.25, 0.3) is 0 Å². The van der Waals surface area contributed by atoms with E-state index in [9.17, 15) is 4.79 Å². The lowest BCUT2D eigenvalue weighted by Gasteiger charge is -2.22. The molecule has 0 bridgehead atoms. The van der Waals surface area contributed by atoms with Gasteiger partial charge in [-0.15, -0.1) is 0 Å². The zero-order chi connectivity index (χ0) is 31.5. The first-order chi connectivity index (χ1) is 21.2. The van der Waals surface area contributed by atoms with Crippen LogP contribution in [0.1, 0.15) is 220 Å². The molecule has 0 aliphatic heterocycles. The van der Waals surface area contributed by atoms with Crippen LogP contribution in [-0.4, -0.2) is 42.9 Å². The maximum Gasteiger partial charge on any atom is 0.149 e. The second kappa shape index (κ2) is 36.1. The van der Waals surface area contributed by atoms with Gasteiger partial charge in [0.2, 0.25) is 0 Å². The monoisotopic (exact) mass is 607 g/mol. The highest BCUT2D eigenvalue weighted by Gasteiger charge is 2.17. The van der Waals surface area contributed by atoms with Gasteiger partial charge in [-0.1, -0.05) is 201 Å². The Kier molecular flexibility index (Phi) is 35.7. The molecule has 43 heavy (non-hydrogen) atoms. The number of nitrogens with one attached hydrogen (secondary N) is 1. The molecule has 1 atom stereocenters. The number of hydrogen-bond donors (Lipinski definition) is 1. The SMILES string of the molecule is CCCCCCCCCCCCCCCCCC(=O)C(CCCCCCCCCCCCCCC)NCCN(CC)CC. The van der Waals surface area contributed by atoms with Crippen molar-refractivity contribution in [3.8, 4) is 0 Å². The molecule has 0 aliphatic rings. The number of Topliss-reactive ketones (excluding diaryl/α,β-unsaturated/α-hetero) is 1. The van der Waals surface area contributed by atoms with Crippen molar-refractivity contribution in [3.63, 3.8) is 0 Å². The van der Waals surface area contributed by atoms with Gasteiger partial charge in [-0.25, -0.2) is 0 Å². The zero-order valence-electron chi connectivity index (χ0n) is 30.5. The van der Waals surface area contributed by atoms with Crippen molar-refractivity contribution in [1.82, 2.24) is 10.2 Å². The first-order valence-electron chi connectivity index (χ1n) is 20.2. The lowest BCUT2D eigenvalue weighted by molar-refractivity contribution is -0.121. The van der Waals surface area contributed by atoms with Crippen LogP contribution in [0.5, 0.6) is 0 Å². The van der Waals surface area contributed by atoms with Crippen LogP contribution < -0.4 is 5.32 Å². The van der Waals surface area contributed by atoms with E-state index in [0.29, 0.717) is 5.78 Å². The standard InChI is InChI=1S/C40H82N2O/c1-5-9-11-13-15-17-19-21-22-24-26-28-30-32-34-36-40(43)39(41-37-38-42(7-3)8-4)35-33-31-29-27-25-23-20-18-16-14-12-10-6-2/h39,41H,5-38H2,1-4H3. The van der Waals surface area contributed by atoms with Gasteiger partial charge in [0.05, 0.1) is 6.04 Å². The largest absolute Gasteiger partial charge is 0.306 e. The minimum atomic E-state index is 0.0786. The average molecular weight is 607 g/mol. The summed E-state index contributed by atoms with van der Waals surface area (Å²) in [5.74, 6) is 0.480. The van der Waals surface area contributed by atoms with Crippen LogP contribution in [-0.2, 0) is 4.79 Å². The molecule has 0 fully saturated rings. The van der Waals surface area contributed by atoms with Gasteiger partial charge in [0.25, 0.3) is 0 Å². The molecule has 1 unspecified atom stereocenters. The van der Waals surface area contributed by atoms with Gasteiger partial charge in [-0.2, -0.15) is 0 Å². The number of likely N-dealkylation sites (N-methyl/N-ethyl adjacent to an activating group) is 1. The second-order valence-corrected chi connectivity index (χ2v) is 13.7. The summed E-state index contributed by atoms with van der Waals surface area (Å²) in [6.45, 7) is 13.2. The molecule has 0 saturated carbocycles. The van der Waals surface area contributed by atoms with Gasteiger partial charge in [-0.05, 0) is 25.9 Å². The Morgan fingerprint density at radius 3 is 1.14 bits per heavy atom. The Hall–Kier alpha value is -0.410. The third-order valence-electron chi connectivity index (χ3n) is 9.72. The Morgan fingerprint density at radius 2 is 0.791 bits per heavy atom. The molecule has 0 aromatic rings. The fourth-order valence-corrected chi connectivity index (χ4v) is 6.52. The predicted molar refractivity (Wildman–Crippen MR) is 194 cm³/mol. The minimum Gasteiger partial charge on any atom is -0.306 e. The average Bonchev–Trinajstić information content (AvgIpc) is 3.02. The molecule has 0 rings (SSSR count). The first kappa shape index (κ1) is 42.6. The van der Waals surface area contributed by atoms with Gasteiger partial charge < -0.3 is 10.2 Å². The van der Waals surface area contributed by atoms with Crippen LogP contribution in [0.3, 0.4) is 0 Å². The number of rotatable bonds is 37. The van der Waals surface area contributed by atoms with Gasteiger partial charge in [-0.3, -0.25) is 4.79 Å². The fourth-order valence-electron chi connectivity index (χ4n) is 6.52. The minimum absolute atomic E-state index is 0.0786. The van der Waals surface area contributed by atoms with E-state index in [1.807, 2.05) is 0 Å². The Labute approximate surface area is 272 Å². The molecule has 0 saturated heterocycles. The molecule has 0 radical (unpaired) electrons. The third kappa shape index (κ3) is 31.4. The number of unbranched alkanes of at least 4 members (excludes halogenated alkanes) is 26. The molecule has 1 N–H and O–H groups in total. The van der Waals surface area contributed by atoms with Crippen LogP contribution in [0.2, 0.25) is 0 Å². The van der Waals surface area contributed by atoms with Crippen LogP contribution >= 0.6 is 0 Å². The lowest BCUT2D eigenvalue weighted by atomic mass is 9.98. The molecule has 0 amide bonds. The molecular formula is C40H82N2O. The molecule has 258 valence electrons. The van der Waals surface area contributed by atoms with E-state index in [1.54, 1.807) is 0 Å². The summed E-state index contributed by atoms with van der Waals surface area (Å²) >= 11 is 0. The van der Waals surface area contributed by atoms with E-state index in [2.05, 4.69) is 37.9 Å². The summed E-state index contributed by atoms with van der Waals surface area (Å²) in [6, 6.07) is 0.0786. The highest BCUT2D eigenvalue weighted by molar-refractivity contribution is 5.83. The first-order valence-corrected chi connectivity index (χ1v) is 20.2. The van der Waals surface area contributed by atoms with Crippen molar-refractivity contribution in [1.29, 1.82) is 0 Å². The molecule has 0 spiro atoms. The highest BCUT2D eigenvalue weighted by Crippen LogP contribution is 2.16. The summed E-state index contributed by atoms with van der Waals surface area (Å²) in [6.07, 6.45) is 40.4. The lowest BCUT2D eigenvalue weighted by Crippen LogP contribution is -2.41. The summed E-state index contributed by atoms with van der Waals surface area (Å²) in [5.41, 5.74) is 0. The Bertz CT molecular complexity index is 533. The van der Waals surface area contributed by atoms with Crippen molar-refractivity contribution in [3.05, 3.63) is 0 Å². The third-order valence-corrected chi connectivity index (χ3v) is 9.72. The van der Waals surface area contributed by atoms with Crippen molar-refractivity contribution in [2.75, 3.05) is 26.2 Å². The quantitative estimate of drug-likeness (QED) is 0.0714. The Balaban J connectivity index is 3.94. The van der Waals surface area contributed by atoms with Gasteiger partial charge in [0.15, 0.2) is 0 Å². The topological polar surface area (TPSA) is 32.3 Å². The van der Waals surface area contributed by atoms with Crippen molar-refractivity contribution in [2.24, 2.45) is 0 Å². The summed E-state index contributed by atoms with van der Waals surface area (Å²) in [5, 5.41) is 3.67. The normalized spacial score (nSPS) is 12.4. The maximum atomic E-state index is 13.2. The van der Waals surface area contributed by atoms with E-state index in [-0.39, 0.29) is 6.04 Å². The smallest absolute Gasteiger partial charge is 0.149 e. The van der Waals surface area contributed by atoms with E-state index >= 15 is 0 Å². The van der Waals surface area contributed by atoms with Gasteiger partial charge >= 0.3 is 0 Å². The molecule has 0 aromatic heterocycles. The number of nitrogens with zero attached hydrogens (tertiary/aromatic N) is 1. The van der Waals surface area contributed by atoms with Crippen LogP contribution in [0.4, 0.5) is 0 Å². The summed E-state index contributed by atoms with van der Waals surface area (Å²) in [7, 11) is 0. The predicted octanol–water partition coefficient (Wildman–Crippen LogP) is 12.6. The van der Waals surface area contributed by atoms with Crippen LogP contribution in [0, 0.1) is 0 Å².